The van der Waals surface area contributed by atoms with E-state index in [0.717, 1.165) is 17.5 Å². The van der Waals surface area contributed by atoms with Gasteiger partial charge in [-0.15, -0.1) is 10.2 Å². The number of hydrogen-bond acceptors (Lipinski definition) is 7. The first-order valence-electron chi connectivity index (χ1n) is 10.9. The lowest BCUT2D eigenvalue weighted by atomic mass is 9.97. The molecule has 10 heteroatoms. The Hall–Kier alpha value is -3.66. The van der Waals surface area contributed by atoms with Gasteiger partial charge in [0.05, 0.1) is 5.52 Å². The molecular weight excluding hydrogens is 425 g/mol. The second-order valence-corrected chi connectivity index (χ2v) is 8.36. The van der Waals surface area contributed by atoms with Crippen LogP contribution in [0.4, 0.5) is 10.2 Å². The van der Waals surface area contributed by atoms with Gasteiger partial charge in [0.15, 0.2) is 5.82 Å². The number of rotatable bonds is 5. The fourth-order valence-electron chi connectivity index (χ4n) is 4.75. The van der Waals surface area contributed by atoms with Crippen molar-refractivity contribution in [2.24, 2.45) is 0 Å². The van der Waals surface area contributed by atoms with Crippen molar-refractivity contribution in [3.8, 4) is 0 Å². The fraction of sp³-hybridized carbons (Fsp3) is 0.348. The highest BCUT2D eigenvalue weighted by atomic mass is 19.1. The molecular formula is C23H24FN7O2. The molecule has 5 rings (SSSR count). The van der Waals surface area contributed by atoms with Crippen LogP contribution in [0.3, 0.4) is 0 Å². The van der Waals surface area contributed by atoms with Crippen LogP contribution in [0.2, 0.25) is 0 Å². The molecule has 3 aromatic heterocycles. The molecule has 0 radical (unpaired) electrons. The van der Waals surface area contributed by atoms with Crippen molar-refractivity contribution in [1.29, 1.82) is 0 Å². The van der Waals surface area contributed by atoms with Gasteiger partial charge in [0.2, 0.25) is 0 Å². The van der Waals surface area contributed by atoms with Crippen LogP contribution in [0.1, 0.15) is 31.9 Å². The highest BCUT2D eigenvalue weighted by molar-refractivity contribution is 5.88. The second-order valence-electron chi connectivity index (χ2n) is 8.36. The van der Waals surface area contributed by atoms with Crippen LogP contribution in [0.25, 0.3) is 16.8 Å². The number of piperazine rings is 1. The molecule has 1 fully saturated rings. The van der Waals surface area contributed by atoms with E-state index in [2.05, 4.69) is 20.1 Å². The summed E-state index contributed by atoms with van der Waals surface area (Å²) >= 11 is 0. The maximum Gasteiger partial charge on any atom is 0.325 e. The quantitative estimate of drug-likeness (QED) is 0.497. The van der Waals surface area contributed by atoms with Gasteiger partial charge in [0.25, 0.3) is 5.78 Å². The lowest BCUT2D eigenvalue weighted by Crippen LogP contribution is -2.59. The Balaban J connectivity index is 1.54. The van der Waals surface area contributed by atoms with E-state index in [1.807, 2.05) is 30.9 Å². The third kappa shape index (κ3) is 3.66. The SMILES string of the molecule is CC[C@@H]1CN(c2nc3nncn3c3cccnc23)[C@@H](C)CN1[C@H](C(=O)O)c1ccc(F)cc1. The third-order valence-corrected chi connectivity index (χ3v) is 6.37. The van der Waals surface area contributed by atoms with Crippen LogP contribution in [-0.2, 0) is 4.79 Å². The highest BCUT2D eigenvalue weighted by Gasteiger charge is 2.39. The number of hydrogen-bond donors (Lipinski definition) is 1. The van der Waals surface area contributed by atoms with Crippen molar-refractivity contribution < 1.29 is 14.3 Å². The van der Waals surface area contributed by atoms with Gasteiger partial charge in [-0.2, -0.15) is 4.98 Å². The Kier molecular flexibility index (Phi) is 5.37. The lowest BCUT2D eigenvalue weighted by molar-refractivity contribution is -0.145. The minimum absolute atomic E-state index is 0.0434. The number of aromatic nitrogens is 5. The largest absolute Gasteiger partial charge is 0.480 e. The molecule has 1 aliphatic rings. The highest BCUT2D eigenvalue weighted by Crippen LogP contribution is 2.33. The number of carboxylic acid groups (broad SMARTS) is 1. The smallest absolute Gasteiger partial charge is 0.325 e. The average Bonchev–Trinajstić information content (AvgIpc) is 3.29. The number of aliphatic carboxylic acids is 1. The molecule has 4 heterocycles. The molecule has 9 nitrogen and oxygen atoms in total. The van der Waals surface area contributed by atoms with Gasteiger partial charge in [-0.1, -0.05) is 19.1 Å². The summed E-state index contributed by atoms with van der Waals surface area (Å²) < 4.78 is 15.3. The molecule has 1 aromatic carbocycles. The Morgan fingerprint density at radius 3 is 2.76 bits per heavy atom. The topological polar surface area (TPSA) is 99.8 Å². The van der Waals surface area contributed by atoms with E-state index in [-0.39, 0.29) is 17.9 Å². The summed E-state index contributed by atoms with van der Waals surface area (Å²) in [6.45, 7) is 5.17. The number of halogens is 1. The molecule has 170 valence electrons. The molecule has 0 bridgehead atoms. The molecule has 0 unspecified atom stereocenters. The van der Waals surface area contributed by atoms with Crippen LogP contribution in [0, 0.1) is 5.82 Å². The number of anilines is 1. The summed E-state index contributed by atoms with van der Waals surface area (Å²) in [6, 6.07) is 8.58. The number of pyridine rings is 1. The van der Waals surface area contributed by atoms with Crippen molar-refractivity contribution in [3.05, 3.63) is 60.3 Å². The van der Waals surface area contributed by atoms with Gasteiger partial charge in [-0.05, 0) is 43.2 Å². The van der Waals surface area contributed by atoms with Crippen LogP contribution in [-0.4, -0.2) is 65.7 Å². The van der Waals surface area contributed by atoms with E-state index in [4.69, 9.17) is 4.98 Å². The van der Waals surface area contributed by atoms with Crippen molar-refractivity contribution in [2.45, 2.75) is 38.4 Å². The first kappa shape index (κ1) is 21.2. The minimum Gasteiger partial charge on any atom is -0.480 e. The first-order chi connectivity index (χ1) is 16.0. The summed E-state index contributed by atoms with van der Waals surface area (Å²) in [7, 11) is 0. The number of nitrogens with zero attached hydrogens (tertiary/aromatic N) is 7. The molecule has 0 spiro atoms. The first-order valence-corrected chi connectivity index (χ1v) is 10.9. The normalized spacial score (nSPS) is 20.4. The van der Waals surface area contributed by atoms with E-state index in [1.54, 1.807) is 29.1 Å². The number of fused-ring (bicyclic) bond motifs is 3. The van der Waals surface area contributed by atoms with E-state index < -0.39 is 12.0 Å². The monoisotopic (exact) mass is 449 g/mol. The Morgan fingerprint density at radius 2 is 2.03 bits per heavy atom. The zero-order valence-electron chi connectivity index (χ0n) is 18.3. The summed E-state index contributed by atoms with van der Waals surface area (Å²) in [6.07, 6.45) is 4.09. The molecule has 0 saturated carbocycles. The third-order valence-electron chi connectivity index (χ3n) is 6.37. The minimum atomic E-state index is -0.948. The van der Waals surface area contributed by atoms with E-state index >= 15 is 0 Å². The lowest BCUT2D eigenvalue weighted by Gasteiger charge is -2.47. The number of carbonyl (C=O) groups is 1. The van der Waals surface area contributed by atoms with Crippen molar-refractivity contribution in [1.82, 2.24) is 29.5 Å². The van der Waals surface area contributed by atoms with Gasteiger partial charge in [0, 0.05) is 31.4 Å². The van der Waals surface area contributed by atoms with E-state index in [1.165, 1.54) is 12.1 Å². The predicted molar refractivity (Wildman–Crippen MR) is 120 cm³/mol. The summed E-state index contributed by atoms with van der Waals surface area (Å²) in [5.74, 6) is -0.133. The van der Waals surface area contributed by atoms with Crippen LogP contribution in [0.5, 0.6) is 0 Å². The van der Waals surface area contributed by atoms with Crippen molar-refractivity contribution >= 4 is 28.6 Å². The molecule has 3 atom stereocenters. The molecule has 0 amide bonds. The van der Waals surface area contributed by atoms with Crippen LogP contribution in [0.15, 0.2) is 48.9 Å². The van der Waals surface area contributed by atoms with Crippen molar-refractivity contribution in [3.63, 3.8) is 0 Å². The molecule has 0 aliphatic carbocycles. The van der Waals surface area contributed by atoms with Crippen LogP contribution >= 0.6 is 0 Å². The fourth-order valence-corrected chi connectivity index (χ4v) is 4.75. The van der Waals surface area contributed by atoms with Gasteiger partial charge in [-0.25, -0.2) is 4.39 Å². The maximum absolute atomic E-state index is 13.5. The van der Waals surface area contributed by atoms with Gasteiger partial charge >= 0.3 is 5.97 Å². The van der Waals surface area contributed by atoms with Crippen LogP contribution < -0.4 is 4.90 Å². The molecule has 1 aliphatic heterocycles. The van der Waals surface area contributed by atoms with Gasteiger partial charge < -0.3 is 10.0 Å². The average molecular weight is 449 g/mol. The Bertz CT molecular complexity index is 1310. The number of benzene rings is 1. The molecule has 1 saturated heterocycles. The van der Waals surface area contributed by atoms with Gasteiger partial charge in [-0.3, -0.25) is 19.1 Å². The standard InChI is InChI=1S/C23H24FN7O2/c1-3-17-12-29(21-19-18(5-4-10-25-19)31-13-26-28-23(31)27-21)14(2)11-30(17)20(22(32)33)15-6-8-16(24)9-7-15/h4-10,13-14,17,20H,3,11-12H2,1-2H3,(H,32,33)/t14-,17+,20-/m0/s1. The van der Waals surface area contributed by atoms with E-state index in [0.29, 0.717) is 30.2 Å². The number of carboxylic acids is 1. The molecule has 33 heavy (non-hydrogen) atoms. The summed E-state index contributed by atoms with van der Waals surface area (Å²) in [5.41, 5.74) is 2.17. The molecule has 4 aromatic rings. The summed E-state index contributed by atoms with van der Waals surface area (Å²) in [5, 5.41) is 18.2. The van der Waals surface area contributed by atoms with Crippen molar-refractivity contribution in [2.75, 3.05) is 18.0 Å². The zero-order chi connectivity index (χ0) is 23.1. The maximum atomic E-state index is 13.5. The zero-order valence-corrected chi connectivity index (χ0v) is 18.3. The van der Waals surface area contributed by atoms with E-state index in [9.17, 15) is 14.3 Å². The Labute approximate surface area is 189 Å². The molecule has 1 N–H and O–H groups in total. The second kappa shape index (κ2) is 8.36. The predicted octanol–water partition coefficient (Wildman–Crippen LogP) is 2.93. The van der Waals surface area contributed by atoms with Gasteiger partial charge in [0.1, 0.15) is 23.7 Å². The summed E-state index contributed by atoms with van der Waals surface area (Å²) in [4.78, 5) is 25.8. The Morgan fingerprint density at radius 1 is 1.24 bits per heavy atom.